The van der Waals surface area contributed by atoms with Gasteiger partial charge in [0.25, 0.3) is 5.56 Å². The number of nitrogens with zero attached hydrogens (tertiary/aromatic N) is 2. The zero-order chi connectivity index (χ0) is 19.8. The molecule has 2 aliphatic carbocycles. The van der Waals surface area contributed by atoms with Crippen molar-refractivity contribution in [1.29, 1.82) is 0 Å². The van der Waals surface area contributed by atoms with E-state index in [0.717, 1.165) is 35.2 Å². The topological polar surface area (TPSA) is 26.9 Å². The van der Waals surface area contributed by atoms with E-state index in [0.29, 0.717) is 10.9 Å². The lowest BCUT2D eigenvalue weighted by atomic mass is 9.70. The molecule has 3 aromatic rings. The Balaban J connectivity index is 1.71. The smallest absolute Gasteiger partial charge is 0.275 e. The number of rotatable bonds is 2. The van der Waals surface area contributed by atoms with Gasteiger partial charge in [-0.25, -0.2) is 4.68 Å². The number of halogens is 1. The molecule has 0 aliphatic heterocycles. The van der Waals surface area contributed by atoms with Gasteiger partial charge in [-0.05, 0) is 47.9 Å². The summed E-state index contributed by atoms with van der Waals surface area (Å²) in [5.74, 6) is 0.346. The monoisotopic (exact) mass is 392 g/mol. The van der Waals surface area contributed by atoms with Gasteiger partial charge in [0.2, 0.25) is 0 Å². The highest BCUT2D eigenvalue weighted by Crippen LogP contribution is 2.66. The highest BCUT2D eigenvalue weighted by Gasteiger charge is 2.62. The molecular formula is C24H25ClN2O. The van der Waals surface area contributed by atoms with Crippen LogP contribution in [0.25, 0.3) is 16.8 Å². The fourth-order valence-corrected chi connectivity index (χ4v) is 6.06. The van der Waals surface area contributed by atoms with Crippen LogP contribution in [0.2, 0.25) is 5.02 Å². The SMILES string of the molecule is Cn1c2c(c(=O)n1-c1cccc(-c3ccccc3Cl)c1)C1CCC2(C)C1(C)C. The summed E-state index contributed by atoms with van der Waals surface area (Å²) >= 11 is 6.40. The maximum Gasteiger partial charge on any atom is 0.275 e. The first-order valence-electron chi connectivity index (χ1n) is 9.95. The molecule has 0 saturated heterocycles. The molecule has 2 bridgehead atoms. The third-order valence-corrected chi connectivity index (χ3v) is 8.00. The van der Waals surface area contributed by atoms with Crippen LogP contribution in [0.15, 0.2) is 53.3 Å². The van der Waals surface area contributed by atoms with Crippen molar-refractivity contribution < 1.29 is 0 Å². The molecular weight excluding hydrogens is 368 g/mol. The minimum atomic E-state index is 0.0481. The molecule has 1 heterocycles. The fourth-order valence-electron chi connectivity index (χ4n) is 5.81. The van der Waals surface area contributed by atoms with Crippen molar-refractivity contribution in [2.45, 2.75) is 44.9 Å². The second-order valence-electron chi connectivity index (χ2n) is 9.08. The fraction of sp³-hybridized carbons (Fsp3) is 0.375. The molecule has 0 radical (unpaired) electrons. The molecule has 5 rings (SSSR count). The first-order valence-corrected chi connectivity index (χ1v) is 10.3. The largest absolute Gasteiger partial charge is 0.284 e. The Hall–Kier alpha value is -2.26. The van der Waals surface area contributed by atoms with E-state index in [1.54, 1.807) is 0 Å². The van der Waals surface area contributed by atoms with Gasteiger partial charge in [-0.1, -0.05) is 62.7 Å². The van der Waals surface area contributed by atoms with E-state index in [4.69, 9.17) is 11.6 Å². The van der Waals surface area contributed by atoms with Crippen molar-refractivity contribution in [2.75, 3.05) is 0 Å². The lowest BCUT2D eigenvalue weighted by Gasteiger charge is -2.36. The first kappa shape index (κ1) is 17.8. The molecule has 3 nitrogen and oxygen atoms in total. The number of hydrogen-bond donors (Lipinski definition) is 0. The van der Waals surface area contributed by atoms with Crippen LogP contribution in [0.3, 0.4) is 0 Å². The molecule has 2 atom stereocenters. The maximum absolute atomic E-state index is 13.5. The van der Waals surface area contributed by atoms with E-state index in [9.17, 15) is 4.79 Å². The molecule has 28 heavy (non-hydrogen) atoms. The number of hydrogen-bond acceptors (Lipinski definition) is 1. The van der Waals surface area contributed by atoms with Gasteiger partial charge in [0.05, 0.1) is 11.4 Å². The lowest BCUT2D eigenvalue weighted by molar-refractivity contribution is 0.218. The summed E-state index contributed by atoms with van der Waals surface area (Å²) in [6.07, 6.45) is 2.25. The third-order valence-electron chi connectivity index (χ3n) is 7.67. The summed E-state index contributed by atoms with van der Waals surface area (Å²) in [7, 11) is 2.03. The van der Waals surface area contributed by atoms with E-state index < -0.39 is 0 Å². The summed E-state index contributed by atoms with van der Waals surface area (Å²) in [5, 5.41) is 0.716. The first-order chi connectivity index (χ1) is 13.3. The second kappa shape index (κ2) is 5.64. The summed E-state index contributed by atoms with van der Waals surface area (Å²) in [4.78, 5) is 13.5. The minimum Gasteiger partial charge on any atom is -0.284 e. The summed E-state index contributed by atoms with van der Waals surface area (Å²) < 4.78 is 3.95. The summed E-state index contributed by atoms with van der Waals surface area (Å²) in [6.45, 7) is 6.99. The van der Waals surface area contributed by atoms with Gasteiger partial charge in [-0.15, -0.1) is 0 Å². The number of benzene rings is 2. The average Bonchev–Trinajstić information content (AvgIpc) is 3.13. The van der Waals surface area contributed by atoms with E-state index in [1.165, 1.54) is 5.69 Å². The van der Waals surface area contributed by atoms with Crippen LogP contribution >= 0.6 is 11.6 Å². The molecule has 1 saturated carbocycles. The summed E-state index contributed by atoms with van der Waals surface area (Å²) in [5.41, 5.74) is 5.46. The summed E-state index contributed by atoms with van der Waals surface area (Å²) in [6, 6.07) is 15.9. The van der Waals surface area contributed by atoms with Crippen LogP contribution < -0.4 is 5.56 Å². The Kier molecular flexibility index (Phi) is 3.59. The molecule has 0 amide bonds. The Labute approximate surface area is 170 Å². The normalized spacial score (nSPS) is 24.5. The molecule has 2 aromatic carbocycles. The van der Waals surface area contributed by atoms with Crippen molar-refractivity contribution in [3.05, 3.63) is 75.2 Å². The second-order valence-corrected chi connectivity index (χ2v) is 9.49. The van der Waals surface area contributed by atoms with Crippen LogP contribution in [-0.2, 0) is 12.5 Å². The Morgan fingerprint density at radius 2 is 1.82 bits per heavy atom. The van der Waals surface area contributed by atoms with Gasteiger partial charge in [-0.2, -0.15) is 0 Å². The molecule has 144 valence electrons. The molecule has 1 fully saturated rings. The van der Waals surface area contributed by atoms with Crippen LogP contribution in [0, 0.1) is 5.41 Å². The van der Waals surface area contributed by atoms with Crippen LogP contribution in [0.5, 0.6) is 0 Å². The van der Waals surface area contributed by atoms with E-state index in [1.807, 2.05) is 54.2 Å². The standard InChI is InChI=1S/C24H25ClN2O/c1-23(2)18-12-13-24(23,3)21-20(18)22(28)27(26(21)4)16-9-7-8-15(14-16)17-10-5-6-11-19(17)25/h5-11,14,18H,12-13H2,1-4H3. The molecule has 0 spiro atoms. The molecule has 0 N–H and O–H groups in total. The Morgan fingerprint density at radius 3 is 2.54 bits per heavy atom. The zero-order valence-corrected chi connectivity index (χ0v) is 17.5. The van der Waals surface area contributed by atoms with E-state index in [-0.39, 0.29) is 16.4 Å². The Morgan fingerprint density at radius 1 is 1.07 bits per heavy atom. The average molecular weight is 393 g/mol. The maximum atomic E-state index is 13.5. The highest BCUT2D eigenvalue weighted by atomic mass is 35.5. The predicted molar refractivity (Wildman–Crippen MR) is 115 cm³/mol. The quantitative estimate of drug-likeness (QED) is 0.551. The molecule has 4 heteroatoms. The number of fused-ring (bicyclic) bond motifs is 5. The van der Waals surface area contributed by atoms with Crippen molar-refractivity contribution >= 4 is 11.6 Å². The van der Waals surface area contributed by atoms with Gasteiger partial charge in [0.1, 0.15) is 0 Å². The van der Waals surface area contributed by atoms with E-state index >= 15 is 0 Å². The highest BCUT2D eigenvalue weighted by molar-refractivity contribution is 6.33. The zero-order valence-electron chi connectivity index (χ0n) is 16.8. The Bertz CT molecular complexity index is 1170. The van der Waals surface area contributed by atoms with Gasteiger partial charge in [0.15, 0.2) is 0 Å². The lowest BCUT2D eigenvalue weighted by Crippen LogP contribution is -2.35. The molecule has 2 unspecified atom stereocenters. The van der Waals surface area contributed by atoms with Crippen LogP contribution in [0.1, 0.15) is 50.8 Å². The van der Waals surface area contributed by atoms with Gasteiger partial charge < -0.3 is 0 Å². The van der Waals surface area contributed by atoms with Crippen molar-refractivity contribution in [2.24, 2.45) is 12.5 Å². The van der Waals surface area contributed by atoms with Gasteiger partial charge >= 0.3 is 0 Å². The molecule has 2 aliphatic rings. The predicted octanol–water partition coefficient (Wildman–Crippen LogP) is 5.67. The van der Waals surface area contributed by atoms with Gasteiger partial charge in [-0.3, -0.25) is 9.48 Å². The van der Waals surface area contributed by atoms with E-state index in [2.05, 4.69) is 31.5 Å². The van der Waals surface area contributed by atoms with Crippen LogP contribution in [0.4, 0.5) is 0 Å². The van der Waals surface area contributed by atoms with Crippen molar-refractivity contribution in [3.8, 4) is 16.8 Å². The van der Waals surface area contributed by atoms with Crippen molar-refractivity contribution in [3.63, 3.8) is 0 Å². The third kappa shape index (κ3) is 2.03. The van der Waals surface area contributed by atoms with Gasteiger partial charge in [0, 0.05) is 28.6 Å². The molecule has 1 aromatic heterocycles. The van der Waals surface area contributed by atoms with Crippen LogP contribution in [-0.4, -0.2) is 9.36 Å². The van der Waals surface area contributed by atoms with Crippen molar-refractivity contribution in [1.82, 2.24) is 9.36 Å². The minimum absolute atomic E-state index is 0.0481. The number of aromatic nitrogens is 2.